The SMILES string of the molecule is N=Cc1cccnc1[NH-]. The summed E-state index contributed by atoms with van der Waals surface area (Å²) in [6, 6.07) is 3.39. The molecule has 2 N–H and O–H groups in total. The van der Waals surface area contributed by atoms with Crippen LogP contribution in [-0.4, -0.2) is 11.2 Å². The smallest absolute Gasteiger partial charge is 0.0248 e. The third kappa shape index (κ3) is 1.05. The number of aromatic nitrogens is 1. The fourth-order valence-corrected chi connectivity index (χ4v) is 0.534. The van der Waals surface area contributed by atoms with Gasteiger partial charge in [0.2, 0.25) is 0 Å². The largest absolute Gasteiger partial charge is 0.482 e. The minimum Gasteiger partial charge on any atom is -0.482 e. The van der Waals surface area contributed by atoms with Crippen LogP contribution in [0.1, 0.15) is 5.56 Å². The molecule has 1 aromatic rings. The molecule has 0 bridgehead atoms. The van der Waals surface area contributed by atoms with E-state index in [2.05, 4.69) is 4.98 Å². The lowest BCUT2D eigenvalue weighted by atomic mass is 10.3. The molecule has 0 spiro atoms. The average Bonchev–Trinajstić information content (AvgIpc) is 1.89. The first-order valence-electron chi connectivity index (χ1n) is 2.51. The second-order valence-electron chi connectivity index (χ2n) is 1.59. The van der Waals surface area contributed by atoms with Gasteiger partial charge in [-0.2, -0.15) is 0 Å². The molecule has 46 valence electrons. The molecule has 0 aromatic carbocycles. The van der Waals surface area contributed by atoms with Crippen LogP contribution in [-0.2, 0) is 0 Å². The lowest BCUT2D eigenvalue weighted by Gasteiger charge is -2.03. The summed E-state index contributed by atoms with van der Waals surface area (Å²) in [5.41, 5.74) is 7.66. The average molecular weight is 120 g/mol. The second-order valence-corrected chi connectivity index (χ2v) is 1.59. The quantitative estimate of drug-likeness (QED) is 0.564. The maximum atomic E-state index is 7.11. The maximum Gasteiger partial charge on any atom is 0.0248 e. The van der Waals surface area contributed by atoms with Gasteiger partial charge in [0, 0.05) is 6.21 Å². The lowest BCUT2D eigenvalue weighted by Crippen LogP contribution is -1.80. The summed E-state index contributed by atoms with van der Waals surface area (Å²) >= 11 is 0. The molecule has 3 heteroatoms. The number of nitrogens with one attached hydrogen (secondary N) is 2. The van der Waals surface area contributed by atoms with Gasteiger partial charge < -0.3 is 16.1 Å². The molecule has 0 radical (unpaired) electrons. The van der Waals surface area contributed by atoms with Crippen LogP contribution in [0.5, 0.6) is 0 Å². The molecule has 1 rings (SSSR count). The summed E-state index contributed by atoms with van der Waals surface area (Å²) in [6.07, 6.45) is 2.66. The van der Waals surface area contributed by atoms with Crippen molar-refractivity contribution < 1.29 is 0 Å². The summed E-state index contributed by atoms with van der Waals surface area (Å²) in [6.45, 7) is 0. The van der Waals surface area contributed by atoms with E-state index < -0.39 is 0 Å². The van der Waals surface area contributed by atoms with Crippen LogP contribution in [0, 0.1) is 5.41 Å². The minimum absolute atomic E-state index is 0.160. The first-order chi connectivity index (χ1) is 4.34. The highest BCUT2D eigenvalue weighted by Gasteiger charge is 1.82. The zero-order valence-corrected chi connectivity index (χ0v) is 4.76. The second kappa shape index (κ2) is 2.26. The van der Waals surface area contributed by atoms with E-state index in [9.17, 15) is 0 Å². The Kier molecular flexibility index (Phi) is 1.44. The van der Waals surface area contributed by atoms with Crippen molar-refractivity contribution in [3.8, 4) is 0 Å². The molecule has 0 aliphatic rings. The summed E-state index contributed by atoms with van der Waals surface area (Å²) in [5.74, 6) is 0.160. The van der Waals surface area contributed by atoms with E-state index in [0.29, 0.717) is 5.56 Å². The first kappa shape index (κ1) is 5.75. The molecule has 0 saturated heterocycles. The molecule has 9 heavy (non-hydrogen) atoms. The summed E-state index contributed by atoms with van der Waals surface area (Å²) in [4.78, 5) is 3.67. The van der Waals surface area contributed by atoms with Crippen molar-refractivity contribution in [3.05, 3.63) is 29.6 Å². The molecule has 0 fully saturated rings. The van der Waals surface area contributed by atoms with Crippen LogP contribution in [0.4, 0.5) is 5.82 Å². The number of hydrogen-bond donors (Lipinski definition) is 1. The summed E-state index contributed by atoms with van der Waals surface area (Å²) < 4.78 is 0. The molecule has 0 aliphatic carbocycles. The third-order valence-electron chi connectivity index (χ3n) is 0.994. The Hall–Kier alpha value is -1.38. The van der Waals surface area contributed by atoms with E-state index in [1.807, 2.05) is 0 Å². The molecule has 1 heterocycles. The van der Waals surface area contributed by atoms with E-state index in [-0.39, 0.29) is 5.82 Å². The highest BCUT2D eigenvalue weighted by atomic mass is 14.8. The minimum atomic E-state index is 0.160. The Labute approximate surface area is 53.0 Å². The number of rotatable bonds is 1. The highest BCUT2D eigenvalue weighted by Crippen LogP contribution is 2.08. The van der Waals surface area contributed by atoms with Gasteiger partial charge in [-0.05, 0) is 5.56 Å². The summed E-state index contributed by atoms with van der Waals surface area (Å²) in [7, 11) is 0. The maximum absolute atomic E-state index is 7.11. The van der Waals surface area contributed by atoms with Gasteiger partial charge in [-0.3, -0.25) is 0 Å². The zero-order chi connectivity index (χ0) is 6.69. The monoisotopic (exact) mass is 120 g/mol. The number of nitrogens with zero attached hydrogens (tertiary/aromatic N) is 1. The molecule has 0 aliphatic heterocycles. The first-order valence-corrected chi connectivity index (χ1v) is 2.51. The van der Waals surface area contributed by atoms with Crippen molar-refractivity contribution in [2.24, 2.45) is 0 Å². The Morgan fingerprint density at radius 2 is 2.44 bits per heavy atom. The van der Waals surface area contributed by atoms with Gasteiger partial charge >= 0.3 is 0 Å². The van der Waals surface area contributed by atoms with Crippen molar-refractivity contribution in [2.75, 3.05) is 0 Å². The molecule has 0 saturated carbocycles. The normalized spacial score (nSPS) is 8.89. The highest BCUT2D eigenvalue weighted by molar-refractivity contribution is 5.83. The predicted molar refractivity (Wildman–Crippen MR) is 36.1 cm³/mol. The van der Waals surface area contributed by atoms with Gasteiger partial charge in [-0.1, -0.05) is 24.1 Å². The molecule has 0 unspecified atom stereocenters. The van der Waals surface area contributed by atoms with Crippen molar-refractivity contribution >= 4 is 12.0 Å². The number of hydrogen-bond acceptors (Lipinski definition) is 2. The third-order valence-corrected chi connectivity index (χ3v) is 0.994. The lowest BCUT2D eigenvalue weighted by molar-refractivity contribution is 1.35. The van der Waals surface area contributed by atoms with Gasteiger partial charge in [-0.15, -0.1) is 0 Å². The molecule has 0 atom stereocenters. The molecule has 3 nitrogen and oxygen atoms in total. The topological polar surface area (TPSA) is 60.5 Å². The van der Waals surface area contributed by atoms with Gasteiger partial charge in [0.05, 0.1) is 0 Å². The molecule has 0 amide bonds. The Bertz CT molecular complexity index is 219. The van der Waals surface area contributed by atoms with Crippen LogP contribution >= 0.6 is 0 Å². The standard InChI is InChI=1S/C6H6N3/c7-4-5-2-1-3-9-6(5)8/h1-4,7H,(H-,8,9)/q-1. The van der Waals surface area contributed by atoms with Gasteiger partial charge in [0.15, 0.2) is 0 Å². The van der Waals surface area contributed by atoms with Gasteiger partial charge in [0.25, 0.3) is 0 Å². The predicted octanol–water partition coefficient (Wildman–Crippen LogP) is 1.76. The van der Waals surface area contributed by atoms with Crippen LogP contribution in [0.25, 0.3) is 5.73 Å². The van der Waals surface area contributed by atoms with E-state index >= 15 is 0 Å². The van der Waals surface area contributed by atoms with Gasteiger partial charge in [0.1, 0.15) is 0 Å². The van der Waals surface area contributed by atoms with E-state index in [4.69, 9.17) is 11.1 Å². The van der Waals surface area contributed by atoms with E-state index in [0.717, 1.165) is 6.21 Å². The summed E-state index contributed by atoms with van der Waals surface area (Å²) in [5, 5.41) is 6.80. The Balaban J connectivity index is 3.15. The van der Waals surface area contributed by atoms with Crippen molar-refractivity contribution in [1.29, 1.82) is 5.41 Å². The van der Waals surface area contributed by atoms with Crippen LogP contribution < -0.4 is 0 Å². The zero-order valence-electron chi connectivity index (χ0n) is 4.76. The van der Waals surface area contributed by atoms with Crippen molar-refractivity contribution in [2.45, 2.75) is 0 Å². The number of pyridine rings is 1. The fraction of sp³-hybridized carbons (Fsp3) is 0. The van der Waals surface area contributed by atoms with Gasteiger partial charge in [-0.25, -0.2) is 0 Å². The Morgan fingerprint density at radius 1 is 1.67 bits per heavy atom. The fourth-order valence-electron chi connectivity index (χ4n) is 0.534. The molecule has 1 aromatic heterocycles. The van der Waals surface area contributed by atoms with Crippen molar-refractivity contribution in [1.82, 2.24) is 4.98 Å². The van der Waals surface area contributed by atoms with Crippen LogP contribution in [0.3, 0.4) is 0 Å². The molecular weight excluding hydrogens is 114 g/mol. The van der Waals surface area contributed by atoms with Crippen LogP contribution in [0.15, 0.2) is 18.3 Å². The van der Waals surface area contributed by atoms with E-state index in [1.54, 1.807) is 12.1 Å². The van der Waals surface area contributed by atoms with Crippen LogP contribution in [0.2, 0.25) is 0 Å². The van der Waals surface area contributed by atoms with E-state index in [1.165, 1.54) is 6.20 Å². The van der Waals surface area contributed by atoms with Crippen molar-refractivity contribution in [3.63, 3.8) is 0 Å². The molecular formula is C6H6N3-. The Morgan fingerprint density at radius 3 is 2.89 bits per heavy atom.